The topological polar surface area (TPSA) is 102 Å². The number of carbonyl (C=O) groups is 3. The van der Waals surface area contributed by atoms with Crippen molar-refractivity contribution in [3.63, 3.8) is 0 Å². The Morgan fingerprint density at radius 3 is 1.95 bits per heavy atom. The molecule has 0 aromatic rings. The van der Waals surface area contributed by atoms with Crippen molar-refractivity contribution in [2.45, 2.75) is 180 Å². The van der Waals surface area contributed by atoms with E-state index in [1.54, 1.807) is 20.8 Å². The van der Waals surface area contributed by atoms with Crippen molar-refractivity contribution >= 4 is 18.0 Å². The quantitative estimate of drug-likeness (QED) is 0.0786. The molecule has 0 bridgehead atoms. The van der Waals surface area contributed by atoms with E-state index in [-0.39, 0.29) is 31.6 Å². The number of rotatable bonds is 22. The van der Waals surface area contributed by atoms with Gasteiger partial charge in [-0.25, -0.2) is 9.59 Å². The van der Waals surface area contributed by atoms with Gasteiger partial charge in [-0.2, -0.15) is 0 Å². The van der Waals surface area contributed by atoms with Crippen molar-refractivity contribution in [2.75, 3.05) is 13.2 Å². The zero-order chi connectivity index (χ0) is 30.5. The van der Waals surface area contributed by atoms with Gasteiger partial charge in [-0.05, 0) is 59.3 Å². The predicted molar refractivity (Wildman–Crippen MR) is 163 cm³/mol. The third-order valence-corrected chi connectivity index (χ3v) is 7.51. The number of ether oxygens (including phenoxy) is 3. The number of β-amino-alcohol motifs (C(OH)–C–C–N with tert-alkyl or cyclic N) is 1. The molecule has 0 aromatic heterocycles. The Morgan fingerprint density at radius 1 is 0.805 bits per heavy atom. The molecule has 1 rings (SSSR count). The first-order chi connectivity index (χ1) is 19.6. The molecule has 8 heteroatoms. The Morgan fingerprint density at radius 2 is 1.34 bits per heavy atom. The molecule has 1 fully saturated rings. The van der Waals surface area contributed by atoms with Gasteiger partial charge >= 0.3 is 18.0 Å². The smallest absolute Gasteiger partial charge is 0.411 e. The third kappa shape index (κ3) is 18.3. The SMILES string of the molecule is CCCCCCCCC(CCCCCC)OC(=O)CCCCCCCOC(=O)[C@@H]1CC(O)CN1C(=O)OC(C)(C)C. The van der Waals surface area contributed by atoms with Crippen molar-refractivity contribution in [2.24, 2.45) is 0 Å². The second-order valence-electron chi connectivity index (χ2n) is 12.7. The number of hydrogen-bond acceptors (Lipinski definition) is 7. The first kappa shape index (κ1) is 37.2. The van der Waals surface area contributed by atoms with Crippen LogP contribution in [-0.2, 0) is 23.8 Å². The standard InChI is InChI=1S/C33H61NO7/c1-6-8-10-12-14-18-22-28(21-17-11-9-7-2)40-30(36)23-19-15-13-16-20-24-39-31(37)29-25-27(35)26-34(29)32(38)41-33(3,4)5/h27-29,35H,6-26H2,1-5H3/t27?,28?,29-/m0/s1. The van der Waals surface area contributed by atoms with Crippen LogP contribution in [0.2, 0.25) is 0 Å². The lowest BCUT2D eigenvalue weighted by Gasteiger charge is -2.27. The highest BCUT2D eigenvalue weighted by atomic mass is 16.6. The summed E-state index contributed by atoms with van der Waals surface area (Å²) in [7, 11) is 0. The minimum atomic E-state index is -0.817. The molecule has 2 unspecified atom stereocenters. The Kier molecular flexibility index (Phi) is 19.8. The summed E-state index contributed by atoms with van der Waals surface area (Å²) in [5.41, 5.74) is -0.681. The van der Waals surface area contributed by atoms with E-state index >= 15 is 0 Å². The molecule has 1 saturated heterocycles. The summed E-state index contributed by atoms with van der Waals surface area (Å²) in [6, 6.07) is -0.817. The monoisotopic (exact) mass is 583 g/mol. The van der Waals surface area contributed by atoms with E-state index < -0.39 is 29.8 Å². The highest BCUT2D eigenvalue weighted by molar-refractivity contribution is 5.82. The summed E-state index contributed by atoms with van der Waals surface area (Å²) in [5.74, 6) is -0.570. The Labute approximate surface area is 250 Å². The number of hydrogen-bond donors (Lipinski definition) is 1. The number of nitrogens with zero attached hydrogens (tertiary/aromatic N) is 1. The second-order valence-corrected chi connectivity index (χ2v) is 12.7. The fourth-order valence-corrected chi connectivity index (χ4v) is 5.19. The van der Waals surface area contributed by atoms with Crippen LogP contribution in [0.25, 0.3) is 0 Å². The average Bonchev–Trinajstić information content (AvgIpc) is 3.30. The van der Waals surface area contributed by atoms with Gasteiger partial charge < -0.3 is 19.3 Å². The molecule has 1 aliphatic rings. The lowest BCUT2D eigenvalue weighted by molar-refractivity contribution is -0.150. The van der Waals surface area contributed by atoms with E-state index in [0.29, 0.717) is 6.42 Å². The van der Waals surface area contributed by atoms with Crippen LogP contribution in [0.3, 0.4) is 0 Å². The summed E-state index contributed by atoms with van der Waals surface area (Å²) < 4.78 is 16.7. The minimum Gasteiger partial charge on any atom is -0.464 e. The summed E-state index contributed by atoms with van der Waals surface area (Å²) in [6.45, 7) is 10.1. The van der Waals surface area contributed by atoms with Crippen LogP contribution in [0.5, 0.6) is 0 Å². The molecule has 0 aliphatic carbocycles. The minimum absolute atomic E-state index is 0.0624. The molecule has 1 amide bonds. The number of amides is 1. The molecule has 0 spiro atoms. The van der Waals surface area contributed by atoms with Gasteiger partial charge in [-0.15, -0.1) is 0 Å². The third-order valence-electron chi connectivity index (χ3n) is 7.51. The second kappa shape index (κ2) is 21.8. The van der Waals surface area contributed by atoms with E-state index in [2.05, 4.69) is 13.8 Å². The predicted octanol–water partition coefficient (Wildman–Crippen LogP) is 7.87. The van der Waals surface area contributed by atoms with Gasteiger partial charge in [0.15, 0.2) is 0 Å². The lowest BCUT2D eigenvalue weighted by atomic mass is 10.0. The van der Waals surface area contributed by atoms with Crippen molar-refractivity contribution < 1.29 is 33.7 Å². The summed E-state index contributed by atoms with van der Waals surface area (Å²) in [6.07, 6.45) is 17.9. The van der Waals surface area contributed by atoms with Crippen molar-refractivity contribution in [1.82, 2.24) is 4.90 Å². The van der Waals surface area contributed by atoms with Crippen LogP contribution >= 0.6 is 0 Å². The number of carbonyl (C=O) groups excluding carboxylic acids is 3. The van der Waals surface area contributed by atoms with Crippen LogP contribution in [0.4, 0.5) is 4.79 Å². The Bertz CT molecular complexity index is 721. The lowest BCUT2D eigenvalue weighted by Crippen LogP contribution is -2.44. The number of aliphatic hydroxyl groups excluding tert-OH is 1. The normalized spacial score (nSPS) is 17.9. The van der Waals surface area contributed by atoms with E-state index in [1.165, 1.54) is 56.3 Å². The zero-order valence-corrected chi connectivity index (χ0v) is 26.9. The van der Waals surface area contributed by atoms with E-state index in [9.17, 15) is 19.5 Å². The van der Waals surface area contributed by atoms with E-state index in [0.717, 1.165) is 57.8 Å². The molecular weight excluding hydrogens is 522 g/mol. The van der Waals surface area contributed by atoms with Gasteiger partial charge in [0.25, 0.3) is 0 Å². The first-order valence-corrected chi connectivity index (χ1v) is 16.6. The van der Waals surface area contributed by atoms with Gasteiger partial charge in [0.05, 0.1) is 19.3 Å². The van der Waals surface area contributed by atoms with Crippen molar-refractivity contribution in [3.05, 3.63) is 0 Å². The summed E-state index contributed by atoms with van der Waals surface area (Å²) in [5, 5.41) is 9.99. The number of esters is 2. The average molecular weight is 584 g/mol. The molecule has 3 atom stereocenters. The van der Waals surface area contributed by atoms with Crippen LogP contribution < -0.4 is 0 Å². The summed E-state index contributed by atoms with van der Waals surface area (Å²) in [4.78, 5) is 38.7. The zero-order valence-electron chi connectivity index (χ0n) is 26.9. The molecule has 0 radical (unpaired) electrons. The first-order valence-electron chi connectivity index (χ1n) is 16.6. The van der Waals surface area contributed by atoms with E-state index in [4.69, 9.17) is 14.2 Å². The van der Waals surface area contributed by atoms with Gasteiger partial charge in [0.2, 0.25) is 0 Å². The molecule has 0 aromatic carbocycles. The molecule has 1 N–H and O–H groups in total. The maximum absolute atomic E-state index is 12.6. The molecule has 1 aliphatic heterocycles. The fraction of sp³-hybridized carbons (Fsp3) is 0.909. The van der Waals surface area contributed by atoms with Crippen molar-refractivity contribution in [1.29, 1.82) is 0 Å². The molecule has 8 nitrogen and oxygen atoms in total. The highest BCUT2D eigenvalue weighted by Gasteiger charge is 2.41. The van der Waals surface area contributed by atoms with Gasteiger partial charge in [0, 0.05) is 12.8 Å². The molecule has 1 heterocycles. The van der Waals surface area contributed by atoms with Crippen LogP contribution in [0.1, 0.15) is 157 Å². The highest BCUT2D eigenvalue weighted by Crippen LogP contribution is 2.23. The van der Waals surface area contributed by atoms with Gasteiger partial charge in [-0.3, -0.25) is 9.69 Å². The Hall–Kier alpha value is -1.83. The molecule has 240 valence electrons. The van der Waals surface area contributed by atoms with Crippen molar-refractivity contribution in [3.8, 4) is 0 Å². The van der Waals surface area contributed by atoms with Gasteiger partial charge in [0.1, 0.15) is 17.7 Å². The molecule has 0 saturated carbocycles. The number of likely N-dealkylation sites (tertiary alicyclic amines) is 1. The van der Waals surface area contributed by atoms with Crippen LogP contribution in [0, 0.1) is 0 Å². The maximum Gasteiger partial charge on any atom is 0.411 e. The maximum atomic E-state index is 12.6. The summed E-state index contributed by atoms with van der Waals surface area (Å²) >= 11 is 0. The van der Waals surface area contributed by atoms with E-state index in [1.807, 2.05) is 0 Å². The fourth-order valence-electron chi connectivity index (χ4n) is 5.19. The van der Waals surface area contributed by atoms with Crippen LogP contribution in [0.15, 0.2) is 0 Å². The Balaban J connectivity index is 2.23. The van der Waals surface area contributed by atoms with Crippen LogP contribution in [-0.4, -0.2) is 65.0 Å². The number of aliphatic hydroxyl groups is 1. The molecular formula is C33H61NO7. The van der Waals surface area contributed by atoms with Gasteiger partial charge in [-0.1, -0.05) is 84.5 Å². The largest absolute Gasteiger partial charge is 0.464 e. The molecule has 41 heavy (non-hydrogen) atoms. The number of unbranched alkanes of at least 4 members (excludes halogenated alkanes) is 12.